The molecule has 1 fully saturated rings. The lowest BCUT2D eigenvalue weighted by Crippen LogP contribution is -2.50. The van der Waals surface area contributed by atoms with Crippen LogP contribution in [0.25, 0.3) is 10.9 Å². The lowest BCUT2D eigenvalue weighted by molar-refractivity contribution is 0.234. The zero-order chi connectivity index (χ0) is 13.4. The van der Waals surface area contributed by atoms with Crippen molar-refractivity contribution in [3.05, 3.63) is 36.0 Å². The molecule has 100 valence electrons. The summed E-state index contributed by atoms with van der Waals surface area (Å²) < 4.78 is 0. The van der Waals surface area contributed by atoms with Gasteiger partial charge in [-0.3, -0.25) is 4.98 Å². The molecule has 1 saturated heterocycles. The number of anilines is 1. The first-order valence-corrected chi connectivity index (χ1v) is 6.97. The SMILES string of the molecule is Cc1ccc2c(N3CCN(C)[C@@H](C)C3)cccc2n1. The number of benzene rings is 1. The number of hydrogen-bond donors (Lipinski definition) is 0. The van der Waals surface area contributed by atoms with Gasteiger partial charge in [0.25, 0.3) is 0 Å². The van der Waals surface area contributed by atoms with Gasteiger partial charge in [-0.2, -0.15) is 0 Å². The van der Waals surface area contributed by atoms with E-state index in [-0.39, 0.29) is 0 Å². The summed E-state index contributed by atoms with van der Waals surface area (Å²) in [6, 6.07) is 11.3. The standard InChI is InChI=1S/C16H21N3/c1-12-7-8-14-15(17-12)5-4-6-16(14)19-10-9-18(3)13(2)11-19/h4-8,13H,9-11H2,1-3H3/t13-/m0/s1. The quantitative estimate of drug-likeness (QED) is 0.781. The molecule has 0 bridgehead atoms. The van der Waals surface area contributed by atoms with Crippen molar-refractivity contribution in [3.63, 3.8) is 0 Å². The number of fused-ring (bicyclic) bond motifs is 1. The molecule has 1 aliphatic heterocycles. The summed E-state index contributed by atoms with van der Waals surface area (Å²) in [4.78, 5) is 9.54. The van der Waals surface area contributed by atoms with Gasteiger partial charge in [0.1, 0.15) is 0 Å². The number of pyridine rings is 1. The summed E-state index contributed by atoms with van der Waals surface area (Å²) in [5.41, 5.74) is 3.51. The third-order valence-electron chi connectivity index (χ3n) is 4.15. The number of rotatable bonds is 1. The normalized spacial score (nSPS) is 21.0. The lowest BCUT2D eigenvalue weighted by Gasteiger charge is -2.39. The maximum absolute atomic E-state index is 4.63. The molecule has 1 aromatic carbocycles. The van der Waals surface area contributed by atoms with Crippen molar-refractivity contribution in [2.45, 2.75) is 19.9 Å². The van der Waals surface area contributed by atoms with Crippen molar-refractivity contribution in [3.8, 4) is 0 Å². The van der Waals surface area contributed by atoms with Gasteiger partial charge in [-0.05, 0) is 45.2 Å². The minimum Gasteiger partial charge on any atom is -0.368 e. The van der Waals surface area contributed by atoms with Gasteiger partial charge in [0.15, 0.2) is 0 Å². The molecule has 3 rings (SSSR count). The summed E-state index contributed by atoms with van der Waals surface area (Å²) in [5.74, 6) is 0. The fraction of sp³-hybridized carbons (Fsp3) is 0.438. The predicted molar refractivity (Wildman–Crippen MR) is 80.8 cm³/mol. The first-order chi connectivity index (χ1) is 9.15. The Bertz CT molecular complexity index is 594. The van der Waals surface area contributed by atoms with E-state index in [1.165, 1.54) is 11.1 Å². The Balaban J connectivity index is 2.01. The molecular formula is C16H21N3. The van der Waals surface area contributed by atoms with E-state index in [4.69, 9.17) is 0 Å². The van der Waals surface area contributed by atoms with E-state index < -0.39 is 0 Å². The number of aromatic nitrogens is 1. The number of hydrogen-bond acceptors (Lipinski definition) is 3. The van der Waals surface area contributed by atoms with E-state index in [9.17, 15) is 0 Å². The van der Waals surface area contributed by atoms with Gasteiger partial charge in [0, 0.05) is 42.4 Å². The first-order valence-electron chi connectivity index (χ1n) is 6.97. The molecular weight excluding hydrogens is 234 g/mol. The molecule has 3 heteroatoms. The van der Waals surface area contributed by atoms with E-state index in [2.05, 4.69) is 59.1 Å². The zero-order valence-corrected chi connectivity index (χ0v) is 11.9. The summed E-state index contributed by atoms with van der Waals surface area (Å²) in [6.45, 7) is 7.64. The highest BCUT2D eigenvalue weighted by Crippen LogP contribution is 2.27. The van der Waals surface area contributed by atoms with Gasteiger partial charge >= 0.3 is 0 Å². The van der Waals surface area contributed by atoms with Crippen LogP contribution in [0.4, 0.5) is 5.69 Å². The van der Waals surface area contributed by atoms with Crippen LogP contribution >= 0.6 is 0 Å². The van der Waals surface area contributed by atoms with Gasteiger partial charge in [-0.25, -0.2) is 0 Å². The van der Waals surface area contributed by atoms with Crippen molar-refractivity contribution in [2.24, 2.45) is 0 Å². The molecule has 19 heavy (non-hydrogen) atoms. The fourth-order valence-corrected chi connectivity index (χ4v) is 2.78. The van der Waals surface area contributed by atoms with Crippen LogP contribution in [0.15, 0.2) is 30.3 Å². The molecule has 0 radical (unpaired) electrons. The van der Waals surface area contributed by atoms with Gasteiger partial charge in [-0.15, -0.1) is 0 Å². The maximum Gasteiger partial charge on any atom is 0.0726 e. The molecule has 1 aromatic heterocycles. The van der Waals surface area contributed by atoms with Crippen LogP contribution in [-0.4, -0.2) is 42.6 Å². The minimum absolute atomic E-state index is 0.599. The number of piperazine rings is 1. The fourth-order valence-electron chi connectivity index (χ4n) is 2.78. The van der Waals surface area contributed by atoms with Gasteiger partial charge in [-0.1, -0.05) is 6.07 Å². The predicted octanol–water partition coefficient (Wildman–Crippen LogP) is 2.68. The molecule has 3 nitrogen and oxygen atoms in total. The van der Waals surface area contributed by atoms with Gasteiger partial charge in [0.2, 0.25) is 0 Å². The molecule has 2 heterocycles. The van der Waals surface area contributed by atoms with Crippen LogP contribution in [0.1, 0.15) is 12.6 Å². The molecule has 2 aromatic rings. The number of nitrogens with zero attached hydrogens (tertiary/aromatic N) is 3. The molecule has 0 spiro atoms. The Hall–Kier alpha value is -1.61. The van der Waals surface area contributed by atoms with Crippen molar-refractivity contribution in [1.29, 1.82) is 0 Å². The Morgan fingerprint density at radius 2 is 2.00 bits per heavy atom. The van der Waals surface area contributed by atoms with Crippen molar-refractivity contribution in [1.82, 2.24) is 9.88 Å². The minimum atomic E-state index is 0.599. The lowest BCUT2D eigenvalue weighted by atomic mass is 10.1. The molecule has 0 N–H and O–H groups in total. The Kier molecular flexibility index (Phi) is 3.15. The van der Waals surface area contributed by atoms with Crippen LogP contribution in [0, 0.1) is 6.92 Å². The second kappa shape index (κ2) is 4.82. The van der Waals surface area contributed by atoms with E-state index in [0.717, 1.165) is 30.8 Å². The third kappa shape index (κ3) is 2.30. The average Bonchev–Trinajstić information content (AvgIpc) is 2.41. The Morgan fingerprint density at radius 1 is 1.16 bits per heavy atom. The highest BCUT2D eigenvalue weighted by Gasteiger charge is 2.21. The average molecular weight is 255 g/mol. The van der Waals surface area contributed by atoms with E-state index >= 15 is 0 Å². The Labute approximate surface area is 114 Å². The van der Waals surface area contributed by atoms with Crippen LogP contribution < -0.4 is 4.90 Å². The number of likely N-dealkylation sites (N-methyl/N-ethyl adjacent to an activating group) is 1. The summed E-state index contributed by atoms with van der Waals surface area (Å²) in [5, 5.41) is 1.27. The van der Waals surface area contributed by atoms with E-state index in [1.54, 1.807) is 0 Å². The van der Waals surface area contributed by atoms with Crippen LogP contribution in [-0.2, 0) is 0 Å². The smallest absolute Gasteiger partial charge is 0.0726 e. The van der Waals surface area contributed by atoms with Crippen molar-refractivity contribution < 1.29 is 0 Å². The summed E-state index contributed by atoms with van der Waals surface area (Å²) in [7, 11) is 2.20. The third-order valence-corrected chi connectivity index (χ3v) is 4.15. The van der Waals surface area contributed by atoms with Crippen LogP contribution in [0.3, 0.4) is 0 Å². The molecule has 1 atom stereocenters. The largest absolute Gasteiger partial charge is 0.368 e. The van der Waals surface area contributed by atoms with Crippen molar-refractivity contribution in [2.75, 3.05) is 31.6 Å². The molecule has 0 unspecified atom stereocenters. The van der Waals surface area contributed by atoms with E-state index in [0.29, 0.717) is 6.04 Å². The second-order valence-corrected chi connectivity index (χ2v) is 5.57. The van der Waals surface area contributed by atoms with Crippen LogP contribution in [0.2, 0.25) is 0 Å². The highest BCUT2D eigenvalue weighted by molar-refractivity contribution is 5.92. The molecule has 0 saturated carbocycles. The zero-order valence-electron chi connectivity index (χ0n) is 11.9. The summed E-state index contributed by atoms with van der Waals surface area (Å²) in [6.07, 6.45) is 0. The molecule has 0 amide bonds. The molecule has 0 aliphatic carbocycles. The number of aryl methyl sites for hydroxylation is 1. The highest BCUT2D eigenvalue weighted by atomic mass is 15.3. The van der Waals surface area contributed by atoms with Crippen molar-refractivity contribution >= 4 is 16.6 Å². The molecule has 1 aliphatic rings. The summed E-state index contributed by atoms with van der Waals surface area (Å²) >= 11 is 0. The van der Waals surface area contributed by atoms with Gasteiger partial charge < -0.3 is 9.80 Å². The Morgan fingerprint density at radius 3 is 2.79 bits per heavy atom. The van der Waals surface area contributed by atoms with Crippen LogP contribution in [0.5, 0.6) is 0 Å². The second-order valence-electron chi connectivity index (χ2n) is 5.57. The first kappa shape index (κ1) is 12.4. The monoisotopic (exact) mass is 255 g/mol. The maximum atomic E-state index is 4.63. The topological polar surface area (TPSA) is 19.4 Å². The van der Waals surface area contributed by atoms with Gasteiger partial charge in [0.05, 0.1) is 5.52 Å². The van der Waals surface area contributed by atoms with E-state index in [1.807, 2.05) is 6.92 Å².